The van der Waals surface area contributed by atoms with Crippen molar-refractivity contribution in [2.24, 2.45) is 10.9 Å². The topological polar surface area (TPSA) is 56.7 Å². The predicted molar refractivity (Wildman–Crippen MR) is 87.4 cm³/mol. The van der Waals surface area contributed by atoms with Gasteiger partial charge in [-0.1, -0.05) is 13.0 Å². The highest BCUT2D eigenvalue weighted by molar-refractivity contribution is 5.80. The van der Waals surface area contributed by atoms with Crippen molar-refractivity contribution < 1.29 is 9.50 Å². The molecule has 1 aromatic rings. The lowest BCUT2D eigenvalue weighted by Gasteiger charge is -2.28. The highest BCUT2D eigenvalue weighted by Gasteiger charge is 2.18. The fourth-order valence-electron chi connectivity index (χ4n) is 2.74. The Morgan fingerprint density at radius 2 is 2.05 bits per heavy atom. The van der Waals surface area contributed by atoms with Crippen LogP contribution < -0.4 is 10.6 Å². The number of nitrogens with one attached hydrogen (secondary N) is 2. The average molecular weight is 307 g/mol. The van der Waals surface area contributed by atoms with Gasteiger partial charge in [-0.25, -0.2) is 9.38 Å². The van der Waals surface area contributed by atoms with Crippen molar-refractivity contribution in [1.82, 2.24) is 10.6 Å². The quantitative estimate of drug-likeness (QED) is 0.591. The summed E-state index contributed by atoms with van der Waals surface area (Å²) in [5.74, 6) is 0.661. The van der Waals surface area contributed by atoms with Crippen molar-refractivity contribution in [3.8, 4) is 5.75 Å². The predicted octanol–water partition coefficient (Wildman–Crippen LogP) is 3.17. The molecule has 3 N–H and O–H groups in total. The zero-order valence-electron chi connectivity index (χ0n) is 13.4. The zero-order valence-corrected chi connectivity index (χ0v) is 13.4. The van der Waals surface area contributed by atoms with Crippen LogP contribution in [0.15, 0.2) is 23.2 Å². The second-order valence-corrected chi connectivity index (χ2v) is 6.08. The molecular formula is C17H26FN3O. The molecule has 22 heavy (non-hydrogen) atoms. The Kier molecular flexibility index (Phi) is 6.04. The molecule has 5 heteroatoms. The van der Waals surface area contributed by atoms with E-state index in [1.807, 2.05) is 6.92 Å². The molecule has 0 heterocycles. The minimum Gasteiger partial charge on any atom is -0.505 e. The van der Waals surface area contributed by atoms with E-state index in [2.05, 4.69) is 22.5 Å². The number of aliphatic imine (C=N–C) groups is 1. The Bertz CT molecular complexity index is 511. The first-order valence-electron chi connectivity index (χ1n) is 8.10. The van der Waals surface area contributed by atoms with Gasteiger partial charge in [0.15, 0.2) is 17.5 Å². The standard InChI is InChI=1S/C17H26FN3O/c1-3-19-17(21-14-7-4-12(2)5-8-14)20-11-13-6-9-16(22)15(18)10-13/h6,9-10,12,14,22H,3-5,7-8,11H2,1-2H3,(H2,19,20,21). The van der Waals surface area contributed by atoms with Gasteiger partial charge in [0.1, 0.15) is 0 Å². The molecule has 0 atom stereocenters. The molecule has 2 rings (SSSR count). The largest absolute Gasteiger partial charge is 0.505 e. The van der Waals surface area contributed by atoms with Gasteiger partial charge in [-0.2, -0.15) is 0 Å². The Balaban J connectivity index is 1.95. The van der Waals surface area contributed by atoms with E-state index in [1.165, 1.54) is 37.8 Å². The maximum atomic E-state index is 13.3. The normalized spacial score (nSPS) is 22.4. The summed E-state index contributed by atoms with van der Waals surface area (Å²) >= 11 is 0. The van der Waals surface area contributed by atoms with Crippen molar-refractivity contribution in [3.05, 3.63) is 29.6 Å². The van der Waals surface area contributed by atoms with E-state index in [0.29, 0.717) is 12.6 Å². The second kappa shape index (κ2) is 8.01. The third kappa shape index (κ3) is 4.90. The lowest BCUT2D eigenvalue weighted by molar-refractivity contribution is 0.329. The van der Waals surface area contributed by atoms with Crippen molar-refractivity contribution in [1.29, 1.82) is 0 Å². The molecule has 1 saturated carbocycles. The van der Waals surface area contributed by atoms with Gasteiger partial charge in [-0.15, -0.1) is 0 Å². The van der Waals surface area contributed by atoms with Gasteiger partial charge in [0.05, 0.1) is 6.54 Å². The maximum absolute atomic E-state index is 13.3. The number of guanidine groups is 1. The van der Waals surface area contributed by atoms with Crippen molar-refractivity contribution >= 4 is 5.96 Å². The van der Waals surface area contributed by atoms with Crippen molar-refractivity contribution in [2.45, 2.75) is 52.1 Å². The summed E-state index contributed by atoms with van der Waals surface area (Å²) in [5, 5.41) is 15.9. The average Bonchev–Trinajstić information content (AvgIpc) is 2.50. The molecule has 0 bridgehead atoms. The summed E-state index contributed by atoms with van der Waals surface area (Å²) in [5.41, 5.74) is 0.741. The molecule has 0 spiro atoms. The molecule has 4 nitrogen and oxygen atoms in total. The summed E-state index contributed by atoms with van der Waals surface area (Å²) in [6.07, 6.45) is 4.83. The van der Waals surface area contributed by atoms with Crippen LogP contribution in [0.25, 0.3) is 0 Å². The number of aromatic hydroxyl groups is 1. The van der Waals surface area contributed by atoms with Gasteiger partial charge in [0.2, 0.25) is 0 Å². The third-order valence-corrected chi connectivity index (χ3v) is 4.13. The second-order valence-electron chi connectivity index (χ2n) is 6.08. The first-order chi connectivity index (χ1) is 10.6. The number of hydrogen-bond donors (Lipinski definition) is 3. The van der Waals surface area contributed by atoms with E-state index >= 15 is 0 Å². The van der Waals surface area contributed by atoms with E-state index in [9.17, 15) is 9.50 Å². The minimum absolute atomic E-state index is 0.325. The van der Waals surface area contributed by atoms with Crippen LogP contribution in [0.2, 0.25) is 0 Å². The number of rotatable bonds is 4. The number of hydrogen-bond acceptors (Lipinski definition) is 2. The molecule has 0 radical (unpaired) electrons. The maximum Gasteiger partial charge on any atom is 0.191 e. The molecule has 0 saturated heterocycles. The smallest absolute Gasteiger partial charge is 0.191 e. The molecule has 122 valence electrons. The highest BCUT2D eigenvalue weighted by Crippen LogP contribution is 2.23. The number of halogens is 1. The summed E-state index contributed by atoms with van der Waals surface area (Å²) in [4.78, 5) is 4.51. The molecule has 0 aliphatic heterocycles. The van der Waals surface area contributed by atoms with Gasteiger partial charge in [0.25, 0.3) is 0 Å². The van der Waals surface area contributed by atoms with E-state index < -0.39 is 5.82 Å². The zero-order chi connectivity index (χ0) is 15.9. The molecule has 1 aliphatic carbocycles. The summed E-state index contributed by atoms with van der Waals surface area (Å²) in [7, 11) is 0. The van der Waals surface area contributed by atoms with Crippen LogP contribution in [-0.4, -0.2) is 23.7 Å². The van der Waals surface area contributed by atoms with Crippen LogP contribution in [0.1, 0.15) is 45.1 Å². The van der Waals surface area contributed by atoms with E-state index in [4.69, 9.17) is 0 Å². The Morgan fingerprint density at radius 1 is 1.32 bits per heavy atom. The van der Waals surface area contributed by atoms with Gasteiger partial charge in [-0.05, 0) is 56.2 Å². The fourth-order valence-corrected chi connectivity index (χ4v) is 2.74. The fraction of sp³-hybridized carbons (Fsp3) is 0.588. The number of phenols is 1. The SMILES string of the molecule is CCNC(=NCc1ccc(O)c(F)c1)NC1CCC(C)CC1. The van der Waals surface area contributed by atoms with Crippen molar-refractivity contribution in [2.75, 3.05) is 6.54 Å². The van der Waals surface area contributed by atoms with Crippen LogP contribution in [0.3, 0.4) is 0 Å². The molecule has 0 aromatic heterocycles. The molecule has 1 fully saturated rings. The lowest BCUT2D eigenvalue weighted by atomic mass is 9.87. The molecule has 1 aromatic carbocycles. The van der Waals surface area contributed by atoms with Gasteiger partial charge in [-0.3, -0.25) is 0 Å². The number of benzene rings is 1. The number of nitrogens with zero attached hydrogens (tertiary/aromatic N) is 1. The van der Waals surface area contributed by atoms with E-state index in [1.54, 1.807) is 6.07 Å². The van der Waals surface area contributed by atoms with Gasteiger partial charge in [0, 0.05) is 12.6 Å². The first-order valence-corrected chi connectivity index (χ1v) is 8.10. The first kappa shape index (κ1) is 16.6. The molecule has 0 amide bonds. The van der Waals surface area contributed by atoms with Crippen LogP contribution >= 0.6 is 0 Å². The highest BCUT2D eigenvalue weighted by atomic mass is 19.1. The molecule has 1 aliphatic rings. The minimum atomic E-state index is -0.605. The summed E-state index contributed by atoms with van der Waals surface area (Å²) in [6, 6.07) is 4.84. The van der Waals surface area contributed by atoms with Gasteiger partial charge < -0.3 is 15.7 Å². The molecule has 0 unspecified atom stereocenters. The van der Waals surface area contributed by atoms with Gasteiger partial charge >= 0.3 is 0 Å². The van der Waals surface area contributed by atoms with Crippen LogP contribution in [0, 0.1) is 11.7 Å². The lowest BCUT2D eigenvalue weighted by Crippen LogP contribution is -2.44. The van der Waals surface area contributed by atoms with Crippen LogP contribution in [0.4, 0.5) is 4.39 Å². The van der Waals surface area contributed by atoms with E-state index in [0.717, 1.165) is 24.0 Å². The third-order valence-electron chi connectivity index (χ3n) is 4.13. The Hall–Kier alpha value is -1.78. The summed E-state index contributed by atoms with van der Waals surface area (Å²) < 4.78 is 13.3. The van der Waals surface area contributed by atoms with Crippen LogP contribution in [0.5, 0.6) is 5.75 Å². The molecular weight excluding hydrogens is 281 g/mol. The number of phenolic OH excluding ortho intramolecular Hbond substituents is 1. The van der Waals surface area contributed by atoms with Crippen LogP contribution in [-0.2, 0) is 6.54 Å². The summed E-state index contributed by atoms with van der Waals surface area (Å²) in [6.45, 7) is 5.50. The Labute approximate surface area is 131 Å². The Morgan fingerprint density at radius 3 is 2.68 bits per heavy atom. The van der Waals surface area contributed by atoms with E-state index in [-0.39, 0.29) is 5.75 Å². The monoisotopic (exact) mass is 307 g/mol. The van der Waals surface area contributed by atoms with Crippen molar-refractivity contribution in [3.63, 3.8) is 0 Å².